The summed E-state index contributed by atoms with van der Waals surface area (Å²) < 4.78 is 56.9. The summed E-state index contributed by atoms with van der Waals surface area (Å²) in [7, 11) is 6.91. The van der Waals surface area contributed by atoms with Crippen LogP contribution < -0.4 is 21.6 Å². The van der Waals surface area contributed by atoms with E-state index in [-0.39, 0.29) is 39.3 Å². The van der Waals surface area contributed by atoms with Crippen molar-refractivity contribution in [3.63, 3.8) is 0 Å². The quantitative estimate of drug-likeness (QED) is 0.229. The van der Waals surface area contributed by atoms with Gasteiger partial charge in [0.05, 0.1) is 33.5 Å². The zero-order valence-electron chi connectivity index (χ0n) is 22.2. The Morgan fingerprint density at radius 2 is 1.85 bits per heavy atom. The zero-order chi connectivity index (χ0) is 28.9. The van der Waals surface area contributed by atoms with Crippen LogP contribution >= 0.6 is 0 Å². The Morgan fingerprint density at radius 3 is 2.45 bits per heavy atom. The van der Waals surface area contributed by atoms with E-state index in [0.717, 1.165) is 25.1 Å². The number of benzene rings is 2. The normalized spacial score (nSPS) is 17.1. The van der Waals surface area contributed by atoms with Gasteiger partial charge in [-0.3, -0.25) is 9.99 Å². The third-order valence-corrected chi connectivity index (χ3v) is 6.79. The molecule has 0 spiro atoms. The largest absolute Gasteiger partial charge is 0.418 e. The van der Waals surface area contributed by atoms with Gasteiger partial charge in [-0.1, -0.05) is 32.9 Å². The topological polar surface area (TPSA) is 88.0 Å². The van der Waals surface area contributed by atoms with Gasteiger partial charge < -0.3 is 16.1 Å². The molecule has 1 atom stereocenters. The van der Waals surface area contributed by atoms with E-state index in [1.165, 1.54) is 30.3 Å². The molecule has 7 nitrogen and oxygen atoms in total. The first-order valence-electron chi connectivity index (χ1n) is 12.8. The van der Waals surface area contributed by atoms with E-state index in [9.17, 15) is 22.8 Å². The lowest BCUT2D eigenvalue weighted by Crippen LogP contribution is -2.45. The maximum absolute atomic E-state index is 14.4. The number of pyridine rings is 1. The molecule has 1 aromatic heterocycles. The van der Waals surface area contributed by atoms with Gasteiger partial charge >= 0.3 is 6.18 Å². The average Bonchev–Trinajstić information content (AvgIpc) is 3.61. The predicted molar refractivity (Wildman–Crippen MR) is 146 cm³/mol. The van der Waals surface area contributed by atoms with Gasteiger partial charge in [-0.25, -0.2) is 4.39 Å². The first-order chi connectivity index (χ1) is 18.8. The van der Waals surface area contributed by atoms with Crippen LogP contribution in [0.2, 0.25) is 0 Å². The molecule has 206 valence electrons. The van der Waals surface area contributed by atoms with Gasteiger partial charge in [0.2, 0.25) is 0 Å². The summed E-state index contributed by atoms with van der Waals surface area (Å²) in [6.07, 6.45) is 0.120. The van der Waals surface area contributed by atoms with Gasteiger partial charge in [0.1, 0.15) is 19.7 Å². The highest BCUT2D eigenvalue weighted by Gasteiger charge is 2.39. The van der Waals surface area contributed by atoms with Gasteiger partial charge in [-0.2, -0.15) is 18.4 Å². The first-order valence-corrected chi connectivity index (χ1v) is 12.8. The molecule has 1 aliphatic carbocycles. The van der Waals surface area contributed by atoms with Gasteiger partial charge in [-0.15, -0.1) is 5.53 Å². The molecule has 0 amide bonds. The fourth-order valence-corrected chi connectivity index (χ4v) is 4.53. The molecule has 2 radical (unpaired) electrons. The van der Waals surface area contributed by atoms with Crippen LogP contribution in [0.3, 0.4) is 0 Å². The molecule has 1 saturated carbocycles. The Bertz CT molecular complexity index is 1500. The number of fused-ring (bicyclic) bond motifs is 1. The highest BCUT2D eigenvalue weighted by atomic mass is 19.4. The number of nitrogens with zero attached hydrogens (tertiary/aromatic N) is 3. The molecule has 2 aliphatic rings. The summed E-state index contributed by atoms with van der Waals surface area (Å²) in [6, 6.07) is 10.2. The second kappa shape index (κ2) is 9.89. The van der Waals surface area contributed by atoms with Crippen LogP contribution in [-0.4, -0.2) is 30.4 Å². The summed E-state index contributed by atoms with van der Waals surface area (Å²) in [5.41, 5.74) is 4.20. The maximum atomic E-state index is 14.4. The Morgan fingerprint density at radius 1 is 1.15 bits per heavy atom. The molecule has 4 N–H and O–H groups in total. The molecule has 2 heterocycles. The third-order valence-electron chi connectivity index (χ3n) is 6.79. The SMILES string of the molecule is [B]C(Nc1cc(C(F)(F)F)c2ncc(C#N)c(NCC(C)(C)C)c2c1)(C1=CN(C2CC2)NN1)c1ccc(F)cc1. The molecule has 1 fully saturated rings. The van der Waals surface area contributed by atoms with Crippen molar-refractivity contribution in [3.8, 4) is 6.07 Å². The lowest BCUT2D eigenvalue weighted by molar-refractivity contribution is -0.136. The Labute approximate surface area is 231 Å². The van der Waals surface area contributed by atoms with E-state index in [0.29, 0.717) is 17.8 Å². The zero-order valence-corrected chi connectivity index (χ0v) is 22.2. The molecule has 0 bridgehead atoms. The summed E-state index contributed by atoms with van der Waals surface area (Å²) in [6.45, 7) is 6.30. The van der Waals surface area contributed by atoms with Crippen molar-refractivity contribution < 1.29 is 17.6 Å². The van der Waals surface area contributed by atoms with Crippen molar-refractivity contribution in [2.24, 2.45) is 5.41 Å². The maximum Gasteiger partial charge on any atom is 0.418 e. The fourth-order valence-electron chi connectivity index (χ4n) is 4.53. The number of nitrogens with one attached hydrogen (secondary N) is 4. The van der Waals surface area contributed by atoms with E-state index in [1.807, 2.05) is 31.8 Å². The van der Waals surface area contributed by atoms with Crippen LogP contribution in [0.5, 0.6) is 0 Å². The van der Waals surface area contributed by atoms with E-state index in [2.05, 4.69) is 26.6 Å². The smallest absolute Gasteiger partial charge is 0.383 e. The molecule has 2 aromatic carbocycles. The molecule has 0 saturated heterocycles. The number of aromatic nitrogens is 1. The van der Waals surface area contributed by atoms with Crippen molar-refractivity contribution in [2.75, 3.05) is 17.2 Å². The molecular formula is C28H28BF4N7. The number of rotatable bonds is 7. The Kier molecular flexibility index (Phi) is 6.82. The number of hydrogen-bond donors (Lipinski definition) is 4. The summed E-state index contributed by atoms with van der Waals surface area (Å²) in [5, 5.41) is 17.9. The van der Waals surface area contributed by atoms with E-state index in [1.54, 1.807) is 6.20 Å². The van der Waals surface area contributed by atoms with E-state index >= 15 is 0 Å². The Balaban J connectivity index is 1.67. The van der Waals surface area contributed by atoms with Crippen molar-refractivity contribution in [2.45, 2.75) is 51.3 Å². The number of nitriles is 1. The number of hydrogen-bond acceptors (Lipinski definition) is 7. The second-order valence-corrected chi connectivity index (χ2v) is 11.3. The number of anilines is 2. The minimum absolute atomic E-state index is 0.0370. The van der Waals surface area contributed by atoms with Crippen LogP contribution in [0, 0.1) is 22.6 Å². The van der Waals surface area contributed by atoms with E-state index in [4.69, 9.17) is 7.85 Å². The van der Waals surface area contributed by atoms with Crippen molar-refractivity contribution >= 4 is 30.1 Å². The number of alkyl halides is 3. The summed E-state index contributed by atoms with van der Waals surface area (Å²) >= 11 is 0. The molecule has 1 unspecified atom stereocenters. The van der Waals surface area contributed by atoms with Gasteiger partial charge in [0, 0.05) is 36.1 Å². The van der Waals surface area contributed by atoms with Crippen LogP contribution in [0.15, 0.2) is 54.5 Å². The van der Waals surface area contributed by atoms with Crippen molar-refractivity contribution in [1.82, 2.24) is 21.0 Å². The van der Waals surface area contributed by atoms with E-state index < -0.39 is 23.0 Å². The second-order valence-electron chi connectivity index (χ2n) is 11.3. The van der Waals surface area contributed by atoms with Crippen molar-refractivity contribution in [1.29, 1.82) is 5.26 Å². The summed E-state index contributed by atoms with van der Waals surface area (Å²) in [5.74, 6) is -0.480. The first kappa shape index (κ1) is 27.6. The van der Waals surface area contributed by atoms with Crippen LogP contribution in [0.4, 0.5) is 28.9 Å². The minimum atomic E-state index is -4.75. The predicted octanol–water partition coefficient (Wildman–Crippen LogP) is 5.48. The monoisotopic (exact) mass is 549 g/mol. The molecule has 40 heavy (non-hydrogen) atoms. The third kappa shape index (κ3) is 5.52. The molecular weight excluding hydrogens is 521 g/mol. The van der Waals surface area contributed by atoms with Crippen LogP contribution in [0.25, 0.3) is 10.9 Å². The molecule has 12 heteroatoms. The standard InChI is InChI=1S/C28H28BF4N7/c1-26(2,3)15-36-24-16(12-34)13-35-25-21(24)10-19(11-22(25)28(31,32)33)37-27(29,17-4-6-18(30)7-5-17)23-14-40(39-38-23)20-8-9-20/h4-7,10-11,13-14,20,37-39H,8-9,15H2,1-3H3,(H,35,36). The number of hydrazine groups is 2. The molecule has 1 aliphatic heterocycles. The highest BCUT2D eigenvalue weighted by Crippen LogP contribution is 2.41. The molecule has 3 aromatic rings. The van der Waals surface area contributed by atoms with Crippen molar-refractivity contribution in [3.05, 3.63) is 77.0 Å². The molecule has 5 rings (SSSR count). The van der Waals surface area contributed by atoms with Gasteiger partial charge in [0.15, 0.2) is 0 Å². The highest BCUT2D eigenvalue weighted by molar-refractivity contribution is 6.19. The van der Waals surface area contributed by atoms with Crippen LogP contribution in [-0.2, 0) is 11.6 Å². The van der Waals surface area contributed by atoms with Crippen LogP contribution in [0.1, 0.15) is 50.3 Å². The number of halogens is 4. The summed E-state index contributed by atoms with van der Waals surface area (Å²) in [4.78, 5) is 4.02. The average molecular weight is 549 g/mol. The lowest BCUT2D eigenvalue weighted by atomic mass is 9.69. The van der Waals surface area contributed by atoms with Gasteiger partial charge in [0.25, 0.3) is 0 Å². The van der Waals surface area contributed by atoms with Gasteiger partial charge in [-0.05, 0) is 48.1 Å². The fraction of sp³-hybridized carbons (Fsp3) is 0.357. The minimum Gasteiger partial charge on any atom is -0.383 e. The Hall–Kier alpha value is -3.98. The lowest BCUT2D eigenvalue weighted by Gasteiger charge is -2.34.